The van der Waals surface area contributed by atoms with Gasteiger partial charge in [-0.2, -0.15) is 0 Å². The molecule has 0 heteroatoms. The van der Waals surface area contributed by atoms with Gasteiger partial charge in [0.05, 0.1) is 0 Å². The molecule has 0 rings (SSSR count). The lowest BCUT2D eigenvalue weighted by Crippen LogP contribution is -1.97. The van der Waals surface area contributed by atoms with E-state index in [1.165, 1.54) is 38.5 Å². The van der Waals surface area contributed by atoms with Crippen LogP contribution in [0.4, 0.5) is 0 Å². The largest absolute Gasteiger partial charge is 0.0859 e. The molecule has 0 aliphatic carbocycles. The third-order valence-corrected chi connectivity index (χ3v) is 3.55. The molecular weight excluding hydrogens is 204 g/mol. The minimum Gasteiger partial charge on any atom is -0.0859 e. The first-order valence-corrected chi connectivity index (χ1v) is 7.37. The summed E-state index contributed by atoms with van der Waals surface area (Å²) in [4.78, 5) is 0. The molecule has 0 bridgehead atoms. The highest BCUT2D eigenvalue weighted by Crippen LogP contribution is 2.22. The molecule has 0 radical (unpaired) electrons. The zero-order valence-electron chi connectivity index (χ0n) is 12.9. The van der Waals surface area contributed by atoms with Gasteiger partial charge in [0.25, 0.3) is 0 Å². The maximum absolute atomic E-state index is 2.36. The van der Waals surface area contributed by atoms with Gasteiger partial charge in [-0.1, -0.05) is 50.5 Å². The van der Waals surface area contributed by atoms with Crippen LogP contribution in [0, 0.1) is 5.92 Å². The number of unbranched alkanes of at least 4 members (excludes halogenated alkanes) is 1. The zero-order valence-corrected chi connectivity index (χ0v) is 12.9. The van der Waals surface area contributed by atoms with Gasteiger partial charge in [0, 0.05) is 0 Å². The summed E-state index contributed by atoms with van der Waals surface area (Å²) in [6.45, 7) is 13.7. The lowest BCUT2D eigenvalue weighted by Gasteiger charge is -2.14. The summed E-state index contributed by atoms with van der Waals surface area (Å²) < 4.78 is 0. The molecular formula is C17H32. The minimum absolute atomic E-state index is 0.724. The first-order chi connectivity index (χ1) is 8.02. The van der Waals surface area contributed by atoms with Gasteiger partial charge in [-0.05, 0) is 58.3 Å². The van der Waals surface area contributed by atoms with Crippen molar-refractivity contribution in [2.24, 2.45) is 5.92 Å². The third kappa shape index (κ3) is 7.41. The van der Waals surface area contributed by atoms with Gasteiger partial charge in [0.2, 0.25) is 0 Å². The van der Waals surface area contributed by atoms with Gasteiger partial charge in [0.15, 0.2) is 0 Å². The van der Waals surface area contributed by atoms with Gasteiger partial charge >= 0.3 is 0 Å². The van der Waals surface area contributed by atoms with Crippen LogP contribution in [0.25, 0.3) is 0 Å². The van der Waals surface area contributed by atoms with E-state index < -0.39 is 0 Å². The van der Waals surface area contributed by atoms with E-state index >= 15 is 0 Å². The molecule has 0 saturated heterocycles. The fourth-order valence-electron chi connectivity index (χ4n) is 2.61. The molecule has 0 N–H and O–H groups in total. The maximum atomic E-state index is 2.36. The van der Waals surface area contributed by atoms with Crippen molar-refractivity contribution in [1.29, 1.82) is 0 Å². The molecule has 0 amide bonds. The Labute approximate surface area is 109 Å². The lowest BCUT2D eigenvalue weighted by atomic mass is 9.92. The topological polar surface area (TPSA) is 0 Å². The second-order valence-electron chi connectivity index (χ2n) is 5.48. The smallest absolute Gasteiger partial charge is 0.0258 e. The van der Waals surface area contributed by atoms with Crippen molar-refractivity contribution in [2.75, 3.05) is 0 Å². The van der Waals surface area contributed by atoms with Crippen molar-refractivity contribution >= 4 is 0 Å². The molecule has 0 aliphatic rings. The third-order valence-electron chi connectivity index (χ3n) is 3.55. The van der Waals surface area contributed by atoms with Gasteiger partial charge in [-0.3, -0.25) is 0 Å². The average molecular weight is 236 g/mol. The van der Waals surface area contributed by atoms with E-state index in [0.29, 0.717) is 0 Å². The summed E-state index contributed by atoms with van der Waals surface area (Å²) in [7, 11) is 0. The molecule has 0 heterocycles. The molecule has 0 saturated carbocycles. The van der Waals surface area contributed by atoms with Crippen molar-refractivity contribution in [1.82, 2.24) is 0 Å². The van der Waals surface area contributed by atoms with Crippen LogP contribution in [0.15, 0.2) is 22.8 Å². The van der Waals surface area contributed by atoms with E-state index in [1.807, 2.05) is 0 Å². The summed E-state index contributed by atoms with van der Waals surface area (Å²) in [6.07, 6.45) is 10.0. The highest BCUT2D eigenvalue weighted by atomic mass is 14.1. The Morgan fingerprint density at radius 3 is 2.06 bits per heavy atom. The van der Waals surface area contributed by atoms with Gasteiger partial charge < -0.3 is 0 Å². The molecule has 0 nitrogen and oxygen atoms in total. The van der Waals surface area contributed by atoms with E-state index in [4.69, 9.17) is 0 Å². The van der Waals surface area contributed by atoms with E-state index in [1.54, 1.807) is 16.7 Å². The molecule has 0 aromatic carbocycles. The van der Waals surface area contributed by atoms with Crippen LogP contribution in [-0.4, -0.2) is 0 Å². The summed E-state index contributed by atoms with van der Waals surface area (Å²) in [5, 5.41) is 0. The Bertz CT molecular complexity index is 253. The Kier molecular flexibility index (Phi) is 9.21. The molecule has 17 heavy (non-hydrogen) atoms. The highest BCUT2D eigenvalue weighted by Gasteiger charge is 2.05. The van der Waals surface area contributed by atoms with Gasteiger partial charge in [-0.25, -0.2) is 0 Å². The van der Waals surface area contributed by atoms with Crippen molar-refractivity contribution < 1.29 is 0 Å². The molecule has 0 spiro atoms. The minimum atomic E-state index is 0.724. The van der Waals surface area contributed by atoms with Crippen LogP contribution in [0.1, 0.15) is 80.1 Å². The first-order valence-electron chi connectivity index (χ1n) is 7.37. The van der Waals surface area contributed by atoms with Crippen LogP contribution >= 0.6 is 0 Å². The van der Waals surface area contributed by atoms with Crippen LogP contribution in [0.3, 0.4) is 0 Å². The van der Waals surface area contributed by atoms with E-state index in [9.17, 15) is 0 Å². The Balaban J connectivity index is 4.00. The van der Waals surface area contributed by atoms with Crippen molar-refractivity contribution in [3.05, 3.63) is 22.8 Å². The predicted octanol–water partition coefficient (Wildman–Crippen LogP) is 6.29. The van der Waals surface area contributed by atoms with E-state index in [-0.39, 0.29) is 0 Å². The summed E-state index contributed by atoms with van der Waals surface area (Å²) in [5.74, 6) is 0.724. The predicted molar refractivity (Wildman–Crippen MR) is 80.3 cm³/mol. The number of rotatable bonds is 8. The van der Waals surface area contributed by atoms with Crippen molar-refractivity contribution in [3.8, 4) is 0 Å². The van der Waals surface area contributed by atoms with Crippen LogP contribution in [0.5, 0.6) is 0 Å². The maximum Gasteiger partial charge on any atom is -0.0258 e. The lowest BCUT2D eigenvalue weighted by molar-refractivity contribution is 0.676. The fourth-order valence-corrected chi connectivity index (χ4v) is 2.61. The van der Waals surface area contributed by atoms with Crippen LogP contribution in [0.2, 0.25) is 0 Å². The average Bonchev–Trinajstić information content (AvgIpc) is 2.25. The Morgan fingerprint density at radius 1 is 1.00 bits per heavy atom. The Hall–Kier alpha value is -0.520. The normalized spacial score (nSPS) is 14.2. The Morgan fingerprint density at radius 2 is 1.59 bits per heavy atom. The standard InChI is InChI=1S/C17H32/c1-7-11-15(5)12-9-10-13-16(6)17(8-2)14(3)4/h11,14H,7-10,12-13H2,1-6H3. The molecule has 0 fully saturated rings. The fraction of sp³-hybridized carbons (Fsp3) is 0.765. The van der Waals surface area contributed by atoms with Gasteiger partial charge in [0.1, 0.15) is 0 Å². The number of hydrogen-bond acceptors (Lipinski definition) is 0. The molecule has 0 atom stereocenters. The monoisotopic (exact) mass is 236 g/mol. The molecule has 100 valence electrons. The quantitative estimate of drug-likeness (QED) is 0.343. The highest BCUT2D eigenvalue weighted by molar-refractivity contribution is 5.13. The van der Waals surface area contributed by atoms with Crippen LogP contribution in [-0.2, 0) is 0 Å². The van der Waals surface area contributed by atoms with E-state index in [2.05, 4.69) is 47.6 Å². The first kappa shape index (κ1) is 16.5. The van der Waals surface area contributed by atoms with Gasteiger partial charge in [-0.15, -0.1) is 0 Å². The SMILES string of the molecule is CCC=C(C)CCCCC(C)=C(CC)C(C)C. The molecule has 0 aromatic rings. The summed E-state index contributed by atoms with van der Waals surface area (Å²) >= 11 is 0. The number of hydrogen-bond donors (Lipinski definition) is 0. The molecule has 0 unspecified atom stereocenters. The number of allylic oxidation sites excluding steroid dienone is 4. The van der Waals surface area contributed by atoms with Crippen LogP contribution < -0.4 is 0 Å². The van der Waals surface area contributed by atoms with Crippen molar-refractivity contribution in [2.45, 2.75) is 80.1 Å². The van der Waals surface area contributed by atoms with E-state index in [0.717, 1.165) is 5.92 Å². The second-order valence-corrected chi connectivity index (χ2v) is 5.48. The zero-order chi connectivity index (χ0) is 13.3. The van der Waals surface area contributed by atoms with Crippen molar-refractivity contribution in [3.63, 3.8) is 0 Å². The summed E-state index contributed by atoms with van der Waals surface area (Å²) in [6, 6.07) is 0. The second kappa shape index (κ2) is 9.50. The molecule has 0 aromatic heterocycles. The summed E-state index contributed by atoms with van der Waals surface area (Å²) in [5.41, 5.74) is 4.87. The molecule has 0 aliphatic heterocycles.